The summed E-state index contributed by atoms with van der Waals surface area (Å²) in [4.78, 5) is 10.6. The molecule has 0 saturated heterocycles. The first-order valence-corrected chi connectivity index (χ1v) is 5.97. The molecule has 0 bridgehead atoms. The molecule has 4 nitrogen and oxygen atoms in total. The van der Waals surface area contributed by atoms with Gasteiger partial charge < -0.3 is 4.74 Å². The summed E-state index contributed by atoms with van der Waals surface area (Å²) in [6, 6.07) is 11.6. The van der Waals surface area contributed by atoms with E-state index in [1.165, 1.54) is 0 Å². The first-order chi connectivity index (χ1) is 8.84. The van der Waals surface area contributed by atoms with Crippen LogP contribution in [0.3, 0.4) is 0 Å². The second-order valence-corrected chi connectivity index (χ2v) is 4.08. The van der Waals surface area contributed by atoms with Gasteiger partial charge in [0.25, 0.3) is 0 Å². The van der Waals surface area contributed by atoms with E-state index in [9.17, 15) is 0 Å². The Labute approximate surface area is 107 Å². The second kappa shape index (κ2) is 6.71. The lowest BCUT2D eigenvalue weighted by Gasteiger charge is -2.16. The Morgan fingerprint density at radius 3 is 2.50 bits per heavy atom. The molecule has 0 spiro atoms. The minimum atomic E-state index is 0.625. The topological polar surface area (TPSA) is 38.2 Å². The molecule has 0 aliphatic heterocycles. The molecule has 0 amide bonds. The maximum absolute atomic E-state index is 5.54. The molecule has 0 radical (unpaired) electrons. The number of hydrogen-bond acceptors (Lipinski definition) is 4. The van der Waals surface area contributed by atoms with Crippen LogP contribution in [0.4, 0.5) is 0 Å². The highest BCUT2D eigenvalue weighted by Crippen LogP contribution is 2.03. The molecule has 0 aromatic carbocycles. The van der Waals surface area contributed by atoms with Gasteiger partial charge in [0.15, 0.2) is 0 Å². The van der Waals surface area contributed by atoms with Crippen LogP contribution in [0.5, 0.6) is 5.88 Å². The lowest BCUT2D eigenvalue weighted by atomic mass is 10.3. The standard InChI is InChI=1S/C14H17N3O/c1-17(12-13-6-2-4-8-15-13)10-11-18-14-7-3-5-9-16-14/h2-9H,10-12H2,1H3. The number of ether oxygens (including phenoxy) is 1. The van der Waals surface area contributed by atoms with Gasteiger partial charge in [-0.3, -0.25) is 9.88 Å². The molecule has 0 saturated carbocycles. The van der Waals surface area contributed by atoms with E-state index < -0.39 is 0 Å². The molecule has 0 atom stereocenters. The van der Waals surface area contributed by atoms with Crippen LogP contribution in [-0.4, -0.2) is 35.1 Å². The molecule has 18 heavy (non-hydrogen) atoms. The number of likely N-dealkylation sites (N-methyl/N-ethyl adjacent to an activating group) is 1. The monoisotopic (exact) mass is 243 g/mol. The van der Waals surface area contributed by atoms with Crippen molar-refractivity contribution in [3.63, 3.8) is 0 Å². The van der Waals surface area contributed by atoms with Crippen molar-refractivity contribution in [1.82, 2.24) is 14.9 Å². The maximum Gasteiger partial charge on any atom is 0.213 e. The molecule has 2 aromatic rings. The molecule has 0 unspecified atom stereocenters. The normalized spacial score (nSPS) is 10.6. The smallest absolute Gasteiger partial charge is 0.213 e. The summed E-state index contributed by atoms with van der Waals surface area (Å²) in [7, 11) is 2.05. The number of rotatable bonds is 6. The third kappa shape index (κ3) is 4.14. The second-order valence-electron chi connectivity index (χ2n) is 4.08. The van der Waals surface area contributed by atoms with Crippen molar-refractivity contribution in [2.24, 2.45) is 0 Å². The van der Waals surface area contributed by atoms with E-state index in [0.29, 0.717) is 12.5 Å². The summed E-state index contributed by atoms with van der Waals surface area (Å²) in [6.07, 6.45) is 3.54. The van der Waals surface area contributed by atoms with Crippen LogP contribution in [0.2, 0.25) is 0 Å². The Morgan fingerprint density at radius 1 is 1.06 bits per heavy atom. The van der Waals surface area contributed by atoms with Crippen molar-refractivity contribution in [2.75, 3.05) is 20.2 Å². The van der Waals surface area contributed by atoms with E-state index in [1.807, 2.05) is 42.6 Å². The summed E-state index contributed by atoms with van der Waals surface area (Å²) in [6.45, 7) is 2.29. The van der Waals surface area contributed by atoms with Crippen molar-refractivity contribution in [3.8, 4) is 5.88 Å². The number of aromatic nitrogens is 2. The highest BCUT2D eigenvalue weighted by Gasteiger charge is 2.01. The minimum absolute atomic E-state index is 0.625. The lowest BCUT2D eigenvalue weighted by molar-refractivity contribution is 0.226. The molecule has 2 heterocycles. The van der Waals surface area contributed by atoms with Crippen LogP contribution in [-0.2, 0) is 6.54 Å². The number of hydrogen-bond donors (Lipinski definition) is 0. The van der Waals surface area contributed by atoms with Gasteiger partial charge in [-0.05, 0) is 25.2 Å². The van der Waals surface area contributed by atoms with Gasteiger partial charge in [-0.25, -0.2) is 4.98 Å². The van der Waals surface area contributed by atoms with Crippen LogP contribution >= 0.6 is 0 Å². The van der Waals surface area contributed by atoms with E-state index in [2.05, 4.69) is 21.9 Å². The van der Waals surface area contributed by atoms with Crippen molar-refractivity contribution >= 4 is 0 Å². The van der Waals surface area contributed by atoms with E-state index in [1.54, 1.807) is 6.20 Å². The SMILES string of the molecule is CN(CCOc1ccccn1)Cc1ccccn1. The van der Waals surface area contributed by atoms with Gasteiger partial charge in [0.2, 0.25) is 5.88 Å². The van der Waals surface area contributed by atoms with Gasteiger partial charge in [0.05, 0.1) is 5.69 Å². The van der Waals surface area contributed by atoms with Crippen LogP contribution < -0.4 is 4.74 Å². The zero-order chi connectivity index (χ0) is 12.6. The minimum Gasteiger partial charge on any atom is -0.476 e. The Balaban J connectivity index is 1.71. The largest absolute Gasteiger partial charge is 0.476 e. The van der Waals surface area contributed by atoms with Crippen LogP contribution in [0.15, 0.2) is 48.8 Å². The molecule has 0 aliphatic carbocycles. The van der Waals surface area contributed by atoms with E-state index >= 15 is 0 Å². The molecular weight excluding hydrogens is 226 g/mol. The first kappa shape index (κ1) is 12.5. The molecular formula is C14H17N3O. The maximum atomic E-state index is 5.54. The fourth-order valence-electron chi connectivity index (χ4n) is 1.59. The predicted octanol–water partition coefficient (Wildman–Crippen LogP) is 1.99. The summed E-state index contributed by atoms with van der Waals surface area (Å²) in [5.74, 6) is 0.670. The van der Waals surface area contributed by atoms with Gasteiger partial charge in [0, 0.05) is 31.5 Å². The van der Waals surface area contributed by atoms with Crippen LogP contribution in [0, 0.1) is 0 Å². The van der Waals surface area contributed by atoms with Crippen LogP contribution in [0.1, 0.15) is 5.69 Å². The fraction of sp³-hybridized carbons (Fsp3) is 0.286. The molecule has 4 heteroatoms. The molecule has 2 aromatic heterocycles. The summed E-state index contributed by atoms with van der Waals surface area (Å²) >= 11 is 0. The molecule has 0 fully saturated rings. The average Bonchev–Trinajstić information content (AvgIpc) is 2.41. The van der Waals surface area contributed by atoms with Crippen molar-refractivity contribution in [1.29, 1.82) is 0 Å². The average molecular weight is 243 g/mol. The Morgan fingerprint density at radius 2 is 1.83 bits per heavy atom. The van der Waals surface area contributed by atoms with Crippen LogP contribution in [0.25, 0.3) is 0 Å². The Bertz CT molecular complexity index is 447. The molecule has 94 valence electrons. The van der Waals surface area contributed by atoms with Gasteiger partial charge in [-0.15, -0.1) is 0 Å². The molecule has 2 rings (SSSR count). The van der Waals surface area contributed by atoms with E-state index in [0.717, 1.165) is 18.8 Å². The summed E-state index contributed by atoms with van der Waals surface area (Å²) in [5, 5.41) is 0. The number of nitrogens with zero attached hydrogens (tertiary/aromatic N) is 3. The van der Waals surface area contributed by atoms with Gasteiger partial charge in [-0.2, -0.15) is 0 Å². The van der Waals surface area contributed by atoms with Crippen molar-refractivity contribution in [3.05, 3.63) is 54.5 Å². The molecule has 0 N–H and O–H groups in total. The first-order valence-electron chi connectivity index (χ1n) is 5.97. The van der Waals surface area contributed by atoms with Crippen molar-refractivity contribution in [2.45, 2.75) is 6.54 Å². The summed E-state index contributed by atoms with van der Waals surface area (Å²) in [5.41, 5.74) is 1.07. The highest BCUT2D eigenvalue weighted by molar-refractivity contribution is 5.09. The zero-order valence-corrected chi connectivity index (χ0v) is 10.5. The predicted molar refractivity (Wildman–Crippen MR) is 70.3 cm³/mol. The Kier molecular flexibility index (Phi) is 4.67. The third-order valence-electron chi connectivity index (χ3n) is 2.52. The van der Waals surface area contributed by atoms with Gasteiger partial charge >= 0.3 is 0 Å². The molecule has 0 aliphatic rings. The van der Waals surface area contributed by atoms with Gasteiger partial charge in [0.1, 0.15) is 6.61 Å². The van der Waals surface area contributed by atoms with Crippen molar-refractivity contribution < 1.29 is 4.74 Å². The lowest BCUT2D eigenvalue weighted by Crippen LogP contribution is -2.24. The van der Waals surface area contributed by atoms with E-state index in [-0.39, 0.29) is 0 Å². The van der Waals surface area contributed by atoms with Gasteiger partial charge in [-0.1, -0.05) is 12.1 Å². The quantitative estimate of drug-likeness (QED) is 0.777. The highest BCUT2D eigenvalue weighted by atomic mass is 16.5. The summed E-state index contributed by atoms with van der Waals surface area (Å²) < 4.78 is 5.54. The fourth-order valence-corrected chi connectivity index (χ4v) is 1.59. The third-order valence-corrected chi connectivity index (χ3v) is 2.52. The zero-order valence-electron chi connectivity index (χ0n) is 10.5. The Hall–Kier alpha value is -1.94. The number of pyridine rings is 2. The van der Waals surface area contributed by atoms with E-state index in [4.69, 9.17) is 4.74 Å².